The van der Waals surface area contributed by atoms with E-state index in [0.717, 1.165) is 18.1 Å². The third-order valence-electron chi connectivity index (χ3n) is 1.78. The second-order valence-corrected chi connectivity index (χ2v) is 4.47. The van der Waals surface area contributed by atoms with Gasteiger partial charge in [-0.15, -0.1) is 0 Å². The molecule has 0 aliphatic rings. The van der Waals surface area contributed by atoms with Crippen LogP contribution in [-0.2, 0) is 0 Å². The summed E-state index contributed by atoms with van der Waals surface area (Å²) < 4.78 is 5.19. The molecule has 0 aromatic carbocycles. The lowest BCUT2D eigenvalue weighted by Gasteiger charge is -2.19. The van der Waals surface area contributed by atoms with E-state index in [1.807, 2.05) is 12.1 Å². The molecule has 3 heteroatoms. The summed E-state index contributed by atoms with van der Waals surface area (Å²) in [4.78, 5) is 4.22. The molecule has 3 nitrogen and oxygen atoms in total. The molecule has 1 aromatic rings. The fraction of sp³-hybridized carbons (Fsp3) is 0.545. The molecular formula is C11H18N2O. The number of ether oxygens (including phenoxy) is 1. The number of nitrogens with one attached hydrogen (secondary N) is 1. The molecule has 1 heterocycles. The lowest BCUT2D eigenvalue weighted by molar-refractivity contribution is 0.410. The van der Waals surface area contributed by atoms with Crippen LogP contribution in [0.25, 0.3) is 0 Å². The normalized spacial score (nSPS) is 11.1. The summed E-state index contributed by atoms with van der Waals surface area (Å²) in [7, 11) is 1.65. The van der Waals surface area contributed by atoms with E-state index >= 15 is 0 Å². The van der Waals surface area contributed by atoms with Crippen molar-refractivity contribution in [3.63, 3.8) is 0 Å². The molecule has 0 saturated heterocycles. The van der Waals surface area contributed by atoms with E-state index < -0.39 is 0 Å². The zero-order valence-corrected chi connectivity index (χ0v) is 9.29. The van der Waals surface area contributed by atoms with Gasteiger partial charge in [-0.3, -0.25) is 0 Å². The molecule has 0 aliphatic heterocycles. The van der Waals surface area contributed by atoms with Gasteiger partial charge in [-0.05, 0) is 17.5 Å². The number of nitrogens with zero attached hydrogens (tertiary/aromatic N) is 1. The van der Waals surface area contributed by atoms with Gasteiger partial charge in [0.2, 0.25) is 0 Å². The highest BCUT2D eigenvalue weighted by Crippen LogP contribution is 2.22. The van der Waals surface area contributed by atoms with Gasteiger partial charge in [0.25, 0.3) is 0 Å². The van der Waals surface area contributed by atoms with Gasteiger partial charge in [-0.25, -0.2) is 4.98 Å². The van der Waals surface area contributed by atoms with Crippen LogP contribution < -0.4 is 10.1 Å². The molecular weight excluding hydrogens is 176 g/mol. The Hall–Kier alpha value is -1.25. The molecule has 0 fully saturated rings. The molecule has 78 valence electrons. The Bertz CT molecular complexity index is 292. The van der Waals surface area contributed by atoms with Crippen molar-refractivity contribution >= 4 is 5.82 Å². The van der Waals surface area contributed by atoms with Gasteiger partial charge in [0.05, 0.1) is 7.11 Å². The standard InChI is InChI=1S/C11H18N2O/c1-11(2,3)8-13-10-9(14-4)6-5-7-12-10/h5-7H,8H2,1-4H3,(H,12,13). The molecule has 14 heavy (non-hydrogen) atoms. The van der Waals surface area contributed by atoms with E-state index in [2.05, 4.69) is 31.1 Å². The number of anilines is 1. The average molecular weight is 194 g/mol. The highest BCUT2D eigenvalue weighted by molar-refractivity contribution is 5.49. The lowest BCUT2D eigenvalue weighted by Crippen LogP contribution is -2.19. The fourth-order valence-corrected chi connectivity index (χ4v) is 1.04. The third kappa shape index (κ3) is 3.24. The van der Waals surface area contributed by atoms with Gasteiger partial charge in [0.1, 0.15) is 0 Å². The van der Waals surface area contributed by atoms with Crippen molar-refractivity contribution in [2.45, 2.75) is 20.8 Å². The van der Waals surface area contributed by atoms with Crippen LogP contribution >= 0.6 is 0 Å². The topological polar surface area (TPSA) is 34.1 Å². The summed E-state index contributed by atoms with van der Waals surface area (Å²) in [5.41, 5.74) is 0.239. The quantitative estimate of drug-likeness (QED) is 0.803. The van der Waals surface area contributed by atoms with E-state index in [1.165, 1.54) is 0 Å². The van der Waals surface area contributed by atoms with Crippen LogP contribution in [0.2, 0.25) is 0 Å². The number of pyridine rings is 1. The maximum absolute atomic E-state index is 5.19. The Morgan fingerprint density at radius 2 is 2.14 bits per heavy atom. The Morgan fingerprint density at radius 1 is 1.43 bits per heavy atom. The van der Waals surface area contributed by atoms with Crippen LogP contribution in [0, 0.1) is 5.41 Å². The van der Waals surface area contributed by atoms with Crippen LogP contribution in [0.5, 0.6) is 5.75 Å². The second-order valence-electron chi connectivity index (χ2n) is 4.47. The summed E-state index contributed by atoms with van der Waals surface area (Å²) in [6.07, 6.45) is 1.76. The van der Waals surface area contributed by atoms with Gasteiger partial charge in [0.15, 0.2) is 11.6 Å². The summed E-state index contributed by atoms with van der Waals surface area (Å²) in [5, 5.41) is 3.27. The fourth-order valence-electron chi connectivity index (χ4n) is 1.04. The van der Waals surface area contributed by atoms with Crippen LogP contribution in [0.1, 0.15) is 20.8 Å². The predicted molar refractivity (Wildman–Crippen MR) is 58.7 cm³/mol. The van der Waals surface area contributed by atoms with E-state index in [-0.39, 0.29) is 5.41 Å². The maximum Gasteiger partial charge on any atom is 0.168 e. The number of hydrogen-bond acceptors (Lipinski definition) is 3. The van der Waals surface area contributed by atoms with Crippen molar-refractivity contribution < 1.29 is 4.74 Å². The Labute approximate surface area is 85.5 Å². The Kier molecular flexibility index (Phi) is 3.33. The molecule has 1 N–H and O–H groups in total. The minimum Gasteiger partial charge on any atom is -0.493 e. The molecule has 0 aliphatic carbocycles. The molecule has 0 saturated carbocycles. The summed E-state index contributed by atoms with van der Waals surface area (Å²) in [6, 6.07) is 3.76. The first-order valence-corrected chi connectivity index (χ1v) is 4.76. The van der Waals surface area contributed by atoms with Crippen molar-refractivity contribution in [1.29, 1.82) is 0 Å². The van der Waals surface area contributed by atoms with Crippen LogP contribution in [-0.4, -0.2) is 18.6 Å². The maximum atomic E-state index is 5.19. The average Bonchev–Trinajstić information content (AvgIpc) is 2.14. The largest absolute Gasteiger partial charge is 0.493 e. The summed E-state index contributed by atoms with van der Waals surface area (Å²) >= 11 is 0. The zero-order valence-electron chi connectivity index (χ0n) is 9.29. The monoisotopic (exact) mass is 194 g/mol. The van der Waals surface area contributed by atoms with Gasteiger partial charge < -0.3 is 10.1 Å². The molecule has 0 bridgehead atoms. The van der Waals surface area contributed by atoms with Crippen molar-refractivity contribution in [3.05, 3.63) is 18.3 Å². The van der Waals surface area contributed by atoms with E-state index in [4.69, 9.17) is 4.74 Å². The highest BCUT2D eigenvalue weighted by atomic mass is 16.5. The molecule has 1 rings (SSSR count). The molecule has 0 amide bonds. The Balaban J connectivity index is 2.67. The minimum absolute atomic E-state index is 0.239. The molecule has 0 atom stereocenters. The van der Waals surface area contributed by atoms with Gasteiger partial charge in [-0.1, -0.05) is 20.8 Å². The number of aromatic nitrogens is 1. The number of hydrogen-bond donors (Lipinski definition) is 1. The van der Waals surface area contributed by atoms with Crippen LogP contribution in [0.4, 0.5) is 5.82 Å². The summed E-state index contributed by atoms with van der Waals surface area (Å²) in [6.45, 7) is 7.40. The third-order valence-corrected chi connectivity index (χ3v) is 1.78. The van der Waals surface area contributed by atoms with Gasteiger partial charge >= 0.3 is 0 Å². The molecule has 1 aromatic heterocycles. The SMILES string of the molecule is COc1cccnc1NCC(C)(C)C. The zero-order chi connectivity index (χ0) is 10.6. The first kappa shape index (κ1) is 10.8. The summed E-state index contributed by atoms with van der Waals surface area (Å²) in [5.74, 6) is 1.60. The molecule has 0 spiro atoms. The minimum atomic E-state index is 0.239. The lowest BCUT2D eigenvalue weighted by atomic mass is 9.97. The van der Waals surface area contributed by atoms with Crippen molar-refractivity contribution in [1.82, 2.24) is 4.98 Å². The van der Waals surface area contributed by atoms with Crippen LogP contribution in [0.15, 0.2) is 18.3 Å². The number of methoxy groups -OCH3 is 1. The van der Waals surface area contributed by atoms with Crippen molar-refractivity contribution in [2.24, 2.45) is 5.41 Å². The van der Waals surface area contributed by atoms with Gasteiger partial charge in [-0.2, -0.15) is 0 Å². The highest BCUT2D eigenvalue weighted by Gasteiger charge is 2.11. The van der Waals surface area contributed by atoms with Crippen LogP contribution in [0.3, 0.4) is 0 Å². The second kappa shape index (κ2) is 4.31. The predicted octanol–water partition coefficient (Wildman–Crippen LogP) is 2.55. The van der Waals surface area contributed by atoms with Crippen molar-refractivity contribution in [2.75, 3.05) is 19.0 Å². The van der Waals surface area contributed by atoms with E-state index in [1.54, 1.807) is 13.3 Å². The Morgan fingerprint density at radius 3 is 2.71 bits per heavy atom. The van der Waals surface area contributed by atoms with E-state index in [0.29, 0.717) is 0 Å². The molecule has 0 radical (unpaired) electrons. The van der Waals surface area contributed by atoms with E-state index in [9.17, 15) is 0 Å². The number of rotatable bonds is 3. The van der Waals surface area contributed by atoms with Crippen molar-refractivity contribution in [3.8, 4) is 5.75 Å². The first-order chi connectivity index (χ1) is 6.53. The smallest absolute Gasteiger partial charge is 0.168 e. The van der Waals surface area contributed by atoms with Gasteiger partial charge in [0, 0.05) is 12.7 Å². The first-order valence-electron chi connectivity index (χ1n) is 4.76. The molecule has 0 unspecified atom stereocenters.